The third-order valence-electron chi connectivity index (χ3n) is 3.84. The lowest BCUT2D eigenvalue weighted by Gasteiger charge is -2.23. The predicted octanol–water partition coefficient (Wildman–Crippen LogP) is 3.01. The molecule has 1 amide bonds. The third kappa shape index (κ3) is 4.43. The SMILES string of the molecule is COC(C(=O)NC(CC(=O)O)c1ccccc1C)c1ccccc1. The number of methoxy groups -OCH3 is 1. The van der Waals surface area contributed by atoms with Crippen LogP contribution in [-0.4, -0.2) is 24.1 Å². The third-order valence-corrected chi connectivity index (χ3v) is 3.84. The number of ether oxygens (including phenoxy) is 1. The minimum absolute atomic E-state index is 0.193. The lowest BCUT2D eigenvalue weighted by molar-refractivity contribution is -0.138. The smallest absolute Gasteiger partial charge is 0.305 e. The standard InChI is InChI=1S/C19H21NO4/c1-13-8-6-7-11-15(13)16(12-17(21)22)20-19(23)18(24-2)14-9-4-3-5-10-14/h3-11,16,18H,12H2,1-2H3,(H,20,23)(H,21,22). The van der Waals surface area contributed by atoms with Crippen molar-refractivity contribution < 1.29 is 19.4 Å². The molecule has 0 saturated heterocycles. The van der Waals surface area contributed by atoms with Gasteiger partial charge in [-0.05, 0) is 23.6 Å². The number of nitrogens with one attached hydrogen (secondary N) is 1. The highest BCUT2D eigenvalue weighted by Gasteiger charge is 2.25. The van der Waals surface area contributed by atoms with Crippen molar-refractivity contribution >= 4 is 11.9 Å². The highest BCUT2D eigenvalue weighted by atomic mass is 16.5. The van der Waals surface area contributed by atoms with E-state index >= 15 is 0 Å². The molecule has 0 heterocycles. The van der Waals surface area contributed by atoms with Crippen LogP contribution in [-0.2, 0) is 14.3 Å². The lowest BCUT2D eigenvalue weighted by Crippen LogP contribution is -2.35. The van der Waals surface area contributed by atoms with Crippen LogP contribution in [0, 0.1) is 6.92 Å². The van der Waals surface area contributed by atoms with Crippen LogP contribution in [0.4, 0.5) is 0 Å². The zero-order valence-corrected chi connectivity index (χ0v) is 13.7. The van der Waals surface area contributed by atoms with E-state index in [1.165, 1.54) is 7.11 Å². The van der Waals surface area contributed by atoms with Gasteiger partial charge in [-0.1, -0.05) is 54.6 Å². The number of carbonyl (C=O) groups is 2. The van der Waals surface area contributed by atoms with Gasteiger partial charge in [-0.3, -0.25) is 9.59 Å². The van der Waals surface area contributed by atoms with Gasteiger partial charge in [0, 0.05) is 7.11 Å². The summed E-state index contributed by atoms with van der Waals surface area (Å²) in [7, 11) is 1.46. The molecule has 0 radical (unpaired) electrons. The zero-order chi connectivity index (χ0) is 17.5. The molecule has 5 heteroatoms. The quantitative estimate of drug-likeness (QED) is 0.819. The number of carbonyl (C=O) groups excluding carboxylic acids is 1. The number of rotatable bonds is 7. The second kappa shape index (κ2) is 8.26. The Morgan fingerprint density at radius 3 is 2.29 bits per heavy atom. The summed E-state index contributed by atoms with van der Waals surface area (Å²) in [6.07, 6.45) is -0.978. The van der Waals surface area contributed by atoms with Crippen LogP contribution in [0.3, 0.4) is 0 Å². The van der Waals surface area contributed by atoms with E-state index < -0.39 is 18.1 Å². The van der Waals surface area contributed by atoms with Crippen molar-refractivity contribution in [2.24, 2.45) is 0 Å². The Kier molecular flexibility index (Phi) is 6.09. The molecule has 0 saturated carbocycles. The summed E-state index contributed by atoms with van der Waals surface area (Å²) in [4.78, 5) is 23.8. The highest BCUT2D eigenvalue weighted by molar-refractivity contribution is 5.83. The fourth-order valence-corrected chi connectivity index (χ4v) is 2.66. The fraction of sp³-hybridized carbons (Fsp3) is 0.263. The first-order chi connectivity index (χ1) is 11.5. The first kappa shape index (κ1) is 17.7. The summed E-state index contributed by atoms with van der Waals surface area (Å²) in [6.45, 7) is 1.89. The predicted molar refractivity (Wildman–Crippen MR) is 90.5 cm³/mol. The van der Waals surface area contributed by atoms with E-state index in [0.29, 0.717) is 0 Å². The summed E-state index contributed by atoms with van der Waals surface area (Å²) in [6, 6.07) is 15.9. The van der Waals surface area contributed by atoms with Gasteiger partial charge in [0.15, 0.2) is 6.10 Å². The monoisotopic (exact) mass is 327 g/mol. The molecular formula is C19H21NO4. The fourth-order valence-electron chi connectivity index (χ4n) is 2.66. The summed E-state index contributed by atoms with van der Waals surface area (Å²) in [5.74, 6) is -1.34. The van der Waals surface area contributed by atoms with Gasteiger partial charge >= 0.3 is 5.97 Å². The molecule has 24 heavy (non-hydrogen) atoms. The van der Waals surface area contributed by atoms with Gasteiger partial charge in [-0.2, -0.15) is 0 Å². The molecular weight excluding hydrogens is 306 g/mol. The van der Waals surface area contributed by atoms with Gasteiger partial charge in [-0.15, -0.1) is 0 Å². The van der Waals surface area contributed by atoms with Crippen LogP contribution >= 0.6 is 0 Å². The van der Waals surface area contributed by atoms with Crippen molar-refractivity contribution in [1.29, 1.82) is 0 Å². The molecule has 2 rings (SSSR count). The Labute approximate surface area is 141 Å². The number of aryl methyl sites for hydroxylation is 1. The number of hydrogen-bond acceptors (Lipinski definition) is 3. The minimum Gasteiger partial charge on any atom is -0.481 e. The van der Waals surface area contributed by atoms with Crippen LogP contribution < -0.4 is 5.32 Å². The number of aliphatic carboxylic acids is 1. The Balaban J connectivity index is 2.24. The average molecular weight is 327 g/mol. The van der Waals surface area contributed by atoms with Crippen LogP contribution in [0.5, 0.6) is 0 Å². The maximum absolute atomic E-state index is 12.6. The molecule has 0 bridgehead atoms. The summed E-state index contributed by atoms with van der Waals surface area (Å²) in [5.41, 5.74) is 2.44. The minimum atomic E-state index is -0.975. The number of amides is 1. The molecule has 0 aliphatic heterocycles. The molecule has 2 aromatic rings. The Bertz CT molecular complexity index is 700. The van der Waals surface area contributed by atoms with Crippen LogP contribution in [0.15, 0.2) is 54.6 Å². The summed E-state index contributed by atoms with van der Waals surface area (Å²) < 4.78 is 5.31. The van der Waals surface area contributed by atoms with Crippen molar-refractivity contribution in [1.82, 2.24) is 5.32 Å². The molecule has 0 aromatic heterocycles. The van der Waals surface area contributed by atoms with Gasteiger partial charge in [0.05, 0.1) is 12.5 Å². The normalized spacial score (nSPS) is 13.1. The molecule has 2 atom stereocenters. The van der Waals surface area contributed by atoms with Gasteiger partial charge < -0.3 is 15.2 Å². The molecule has 5 nitrogen and oxygen atoms in total. The lowest BCUT2D eigenvalue weighted by atomic mass is 9.98. The van der Waals surface area contributed by atoms with Gasteiger partial charge in [0.25, 0.3) is 5.91 Å². The van der Waals surface area contributed by atoms with E-state index in [0.717, 1.165) is 16.7 Å². The van der Waals surface area contributed by atoms with Crippen molar-refractivity contribution in [3.8, 4) is 0 Å². The molecule has 0 aliphatic rings. The van der Waals surface area contributed by atoms with E-state index in [9.17, 15) is 14.7 Å². The second-order valence-electron chi connectivity index (χ2n) is 5.54. The number of benzene rings is 2. The topological polar surface area (TPSA) is 75.6 Å². The maximum atomic E-state index is 12.6. The van der Waals surface area contributed by atoms with E-state index in [-0.39, 0.29) is 12.3 Å². The van der Waals surface area contributed by atoms with Gasteiger partial charge in [0.1, 0.15) is 0 Å². The Hall–Kier alpha value is -2.66. The Morgan fingerprint density at radius 1 is 1.08 bits per heavy atom. The van der Waals surface area contributed by atoms with E-state index in [2.05, 4.69) is 5.32 Å². The number of carboxylic acid groups (broad SMARTS) is 1. The first-order valence-corrected chi connectivity index (χ1v) is 7.68. The second-order valence-corrected chi connectivity index (χ2v) is 5.54. The van der Waals surface area contributed by atoms with Crippen LogP contribution in [0.2, 0.25) is 0 Å². The maximum Gasteiger partial charge on any atom is 0.305 e. The van der Waals surface area contributed by atoms with E-state index in [4.69, 9.17) is 4.74 Å². The van der Waals surface area contributed by atoms with Gasteiger partial charge in [0.2, 0.25) is 0 Å². The van der Waals surface area contributed by atoms with Gasteiger partial charge in [-0.25, -0.2) is 0 Å². The average Bonchev–Trinajstić information content (AvgIpc) is 2.56. The first-order valence-electron chi connectivity index (χ1n) is 7.68. The number of carboxylic acids is 1. The van der Waals surface area contributed by atoms with Crippen LogP contribution in [0.25, 0.3) is 0 Å². The largest absolute Gasteiger partial charge is 0.481 e. The molecule has 2 unspecified atom stereocenters. The van der Waals surface area contributed by atoms with Crippen molar-refractivity contribution in [3.63, 3.8) is 0 Å². The van der Waals surface area contributed by atoms with Crippen molar-refractivity contribution in [2.45, 2.75) is 25.5 Å². The molecule has 2 N–H and O–H groups in total. The molecule has 0 spiro atoms. The number of hydrogen-bond donors (Lipinski definition) is 2. The molecule has 0 aliphatic carbocycles. The molecule has 126 valence electrons. The van der Waals surface area contributed by atoms with Crippen molar-refractivity contribution in [2.75, 3.05) is 7.11 Å². The molecule has 2 aromatic carbocycles. The Morgan fingerprint density at radius 2 is 1.71 bits per heavy atom. The van der Waals surface area contributed by atoms with E-state index in [1.54, 1.807) is 12.1 Å². The molecule has 0 fully saturated rings. The highest BCUT2D eigenvalue weighted by Crippen LogP contribution is 2.23. The van der Waals surface area contributed by atoms with Crippen LogP contribution in [0.1, 0.15) is 35.3 Å². The van der Waals surface area contributed by atoms with E-state index in [1.807, 2.05) is 49.4 Å². The summed E-state index contributed by atoms with van der Waals surface area (Å²) >= 11 is 0. The van der Waals surface area contributed by atoms with Crippen molar-refractivity contribution in [3.05, 3.63) is 71.3 Å². The zero-order valence-electron chi connectivity index (χ0n) is 13.7. The summed E-state index contributed by atoms with van der Waals surface area (Å²) in [5, 5.41) is 12.0.